The van der Waals surface area contributed by atoms with E-state index in [9.17, 15) is 4.79 Å². The zero-order chi connectivity index (χ0) is 7.28. The maximum Gasteiger partial charge on any atom is 0.233 e. The van der Waals surface area contributed by atoms with E-state index in [1.54, 1.807) is 6.92 Å². The fraction of sp³-hybridized carbons (Fsp3) is 0.800. The molecule has 0 saturated heterocycles. The maximum absolute atomic E-state index is 10.7. The zero-order valence-electron chi connectivity index (χ0n) is 5.36. The number of alkyl halides is 1. The van der Waals surface area contributed by atoms with Gasteiger partial charge in [0.15, 0.2) is 0 Å². The highest BCUT2D eigenvalue weighted by molar-refractivity contribution is 9.10. The van der Waals surface area contributed by atoms with Gasteiger partial charge in [0.1, 0.15) is 0 Å². The van der Waals surface area contributed by atoms with Crippen molar-refractivity contribution >= 4 is 21.8 Å². The molecule has 0 aromatic carbocycles. The summed E-state index contributed by atoms with van der Waals surface area (Å²) in [6.07, 6.45) is 0. The Hall–Kier alpha value is -0.0900. The molecular weight excluding hydrogens is 184 g/mol. The number of nitrogens with two attached hydrogens (primary N) is 1. The molecule has 0 aromatic rings. The molecule has 0 aliphatic heterocycles. The van der Waals surface area contributed by atoms with Crippen LogP contribution >= 0.6 is 15.9 Å². The molecule has 1 amide bonds. The zero-order valence-corrected chi connectivity index (χ0v) is 6.94. The predicted octanol–water partition coefficient (Wildman–Crippen LogP) is -0.155. The molecule has 1 unspecified atom stereocenters. The summed E-state index contributed by atoms with van der Waals surface area (Å²) in [4.78, 5) is 10.6. The van der Waals surface area contributed by atoms with Crippen LogP contribution in [-0.4, -0.2) is 23.8 Å². The molecule has 1 atom stereocenters. The van der Waals surface area contributed by atoms with Crippen LogP contribution in [0.4, 0.5) is 0 Å². The number of hydrogen-bond acceptors (Lipinski definition) is 2. The monoisotopic (exact) mass is 194 g/mol. The van der Waals surface area contributed by atoms with E-state index < -0.39 is 0 Å². The van der Waals surface area contributed by atoms with Crippen LogP contribution in [-0.2, 0) is 4.79 Å². The fourth-order valence-corrected chi connectivity index (χ4v) is 0.498. The van der Waals surface area contributed by atoms with Gasteiger partial charge in [-0.05, 0) is 6.92 Å². The lowest BCUT2D eigenvalue weighted by molar-refractivity contribution is -0.120. The Balaban J connectivity index is 3.28. The topological polar surface area (TPSA) is 55.1 Å². The second-order valence-corrected chi connectivity index (χ2v) is 3.07. The van der Waals surface area contributed by atoms with E-state index >= 15 is 0 Å². The number of carbonyl (C=O) groups is 1. The summed E-state index contributed by atoms with van der Waals surface area (Å²) in [5.74, 6) is -0.0135. The Morgan fingerprint density at radius 1 is 1.89 bits per heavy atom. The summed E-state index contributed by atoms with van der Waals surface area (Å²) in [7, 11) is 0. The molecule has 0 spiro atoms. The largest absolute Gasteiger partial charge is 0.354 e. The third kappa shape index (κ3) is 4.42. The van der Waals surface area contributed by atoms with Crippen molar-refractivity contribution in [3.8, 4) is 0 Å². The van der Waals surface area contributed by atoms with Gasteiger partial charge in [-0.1, -0.05) is 15.9 Å². The van der Waals surface area contributed by atoms with Gasteiger partial charge in [-0.15, -0.1) is 0 Å². The third-order valence-electron chi connectivity index (χ3n) is 0.805. The first-order valence-electron chi connectivity index (χ1n) is 2.80. The summed E-state index contributed by atoms with van der Waals surface area (Å²) in [6.45, 7) is 2.81. The lowest BCUT2D eigenvalue weighted by Crippen LogP contribution is -2.33. The first-order chi connectivity index (χ1) is 4.18. The first kappa shape index (κ1) is 8.91. The summed E-state index contributed by atoms with van der Waals surface area (Å²) < 4.78 is 0. The minimum atomic E-state index is -0.121. The average Bonchev–Trinajstić information content (AvgIpc) is 1.82. The van der Waals surface area contributed by atoms with Gasteiger partial charge in [0.25, 0.3) is 0 Å². The number of halogens is 1. The molecule has 0 saturated carbocycles. The molecule has 0 fully saturated rings. The van der Waals surface area contributed by atoms with E-state index in [0.717, 1.165) is 0 Å². The third-order valence-corrected chi connectivity index (χ3v) is 1.22. The molecule has 0 rings (SSSR count). The van der Waals surface area contributed by atoms with Crippen LogP contribution in [0.15, 0.2) is 0 Å². The van der Waals surface area contributed by atoms with Crippen LogP contribution in [0.5, 0.6) is 0 Å². The van der Waals surface area contributed by atoms with Gasteiger partial charge < -0.3 is 11.1 Å². The molecule has 0 radical (unpaired) electrons. The summed E-state index contributed by atoms with van der Waals surface area (Å²) in [5, 5.41) is 2.62. The van der Waals surface area contributed by atoms with Gasteiger partial charge in [0, 0.05) is 13.1 Å². The summed E-state index contributed by atoms with van der Waals surface area (Å²) in [6, 6.07) is 0. The first-order valence-corrected chi connectivity index (χ1v) is 3.72. The van der Waals surface area contributed by atoms with Crippen molar-refractivity contribution in [1.82, 2.24) is 5.32 Å². The lowest BCUT2D eigenvalue weighted by atomic mass is 10.4. The van der Waals surface area contributed by atoms with Crippen molar-refractivity contribution in [2.45, 2.75) is 11.8 Å². The number of nitrogens with one attached hydrogen (secondary N) is 1. The number of amides is 1. The van der Waals surface area contributed by atoms with Gasteiger partial charge in [-0.3, -0.25) is 4.79 Å². The fourth-order valence-electron chi connectivity index (χ4n) is 0.336. The second-order valence-electron chi connectivity index (χ2n) is 1.70. The van der Waals surface area contributed by atoms with Gasteiger partial charge in [-0.25, -0.2) is 0 Å². The number of carbonyl (C=O) groups excluding carboxylic acids is 1. The van der Waals surface area contributed by atoms with Crippen molar-refractivity contribution < 1.29 is 4.79 Å². The predicted molar refractivity (Wildman–Crippen MR) is 40.5 cm³/mol. The van der Waals surface area contributed by atoms with Crippen molar-refractivity contribution in [3.05, 3.63) is 0 Å². The van der Waals surface area contributed by atoms with E-state index in [2.05, 4.69) is 21.2 Å². The van der Waals surface area contributed by atoms with Crippen molar-refractivity contribution in [3.63, 3.8) is 0 Å². The van der Waals surface area contributed by atoms with Crippen molar-refractivity contribution in [1.29, 1.82) is 0 Å². The van der Waals surface area contributed by atoms with Crippen LogP contribution in [0.3, 0.4) is 0 Å². The van der Waals surface area contributed by atoms with Crippen LogP contribution in [0.25, 0.3) is 0 Å². The number of hydrogen-bond donors (Lipinski definition) is 2. The smallest absolute Gasteiger partial charge is 0.233 e. The molecule has 0 bridgehead atoms. The van der Waals surface area contributed by atoms with E-state index in [4.69, 9.17) is 5.73 Å². The Bertz CT molecular complexity index is 95.0. The van der Waals surface area contributed by atoms with Crippen LogP contribution in [0, 0.1) is 0 Å². The SMILES string of the molecule is CC(Br)C(=O)NCCN. The van der Waals surface area contributed by atoms with Gasteiger partial charge >= 0.3 is 0 Å². The molecule has 0 aliphatic carbocycles. The lowest BCUT2D eigenvalue weighted by Gasteiger charge is -2.03. The highest BCUT2D eigenvalue weighted by Gasteiger charge is 2.05. The van der Waals surface area contributed by atoms with Crippen molar-refractivity contribution in [2.75, 3.05) is 13.1 Å². The van der Waals surface area contributed by atoms with E-state index in [-0.39, 0.29) is 10.7 Å². The normalized spacial score (nSPS) is 12.8. The minimum absolute atomic E-state index is 0.0135. The van der Waals surface area contributed by atoms with Gasteiger partial charge in [0.2, 0.25) is 5.91 Å². The van der Waals surface area contributed by atoms with Crippen molar-refractivity contribution in [2.24, 2.45) is 5.73 Å². The van der Waals surface area contributed by atoms with Crippen LogP contribution in [0.1, 0.15) is 6.92 Å². The molecule has 3 N–H and O–H groups in total. The van der Waals surface area contributed by atoms with Gasteiger partial charge in [0.05, 0.1) is 4.83 Å². The molecular formula is C5H11BrN2O. The Labute approximate surface area is 63.1 Å². The standard InChI is InChI=1S/C5H11BrN2O/c1-4(6)5(9)8-3-2-7/h4H,2-3,7H2,1H3,(H,8,9). The Kier molecular flexibility index (Phi) is 4.71. The maximum atomic E-state index is 10.7. The highest BCUT2D eigenvalue weighted by Crippen LogP contribution is 1.94. The summed E-state index contributed by atoms with van der Waals surface area (Å²) >= 11 is 3.12. The molecule has 0 aliphatic rings. The average molecular weight is 195 g/mol. The van der Waals surface area contributed by atoms with Crippen LogP contribution < -0.4 is 11.1 Å². The Morgan fingerprint density at radius 3 is 2.78 bits per heavy atom. The van der Waals surface area contributed by atoms with Crippen LogP contribution in [0.2, 0.25) is 0 Å². The highest BCUT2D eigenvalue weighted by atomic mass is 79.9. The van der Waals surface area contributed by atoms with Gasteiger partial charge in [-0.2, -0.15) is 0 Å². The molecule has 9 heavy (non-hydrogen) atoms. The van der Waals surface area contributed by atoms with E-state index in [0.29, 0.717) is 13.1 Å². The quantitative estimate of drug-likeness (QED) is 0.615. The van der Waals surface area contributed by atoms with E-state index in [1.807, 2.05) is 0 Å². The minimum Gasteiger partial charge on any atom is -0.354 e. The Morgan fingerprint density at radius 2 is 2.44 bits per heavy atom. The number of rotatable bonds is 3. The molecule has 0 aromatic heterocycles. The second kappa shape index (κ2) is 4.76. The molecule has 4 heteroatoms. The molecule has 3 nitrogen and oxygen atoms in total. The molecule has 0 heterocycles. The summed E-state index contributed by atoms with van der Waals surface area (Å²) in [5.41, 5.74) is 5.15. The van der Waals surface area contributed by atoms with E-state index in [1.165, 1.54) is 0 Å². The molecule has 54 valence electrons.